The third-order valence-electron chi connectivity index (χ3n) is 18.9. The van der Waals surface area contributed by atoms with Crippen molar-refractivity contribution in [1.82, 2.24) is 20.4 Å². The van der Waals surface area contributed by atoms with Crippen LogP contribution in [0.25, 0.3) is 11.1 Å². The fourth-order valence-electron chi connectivity index (χ4n) is 14.3. The molecule has 6 aromatic rings. The Labute approximate surface area is 532 Å². The lowest BCUT2D eigenvalue weighted by Crippen LogP contribution is -2.48. The van der Waals surface area contributed by atoms with Crippen molar-refractivity contribution >= 4 is 40.7 Å². The van der Waals surface area contributed by atoms with Crippen molar-refractivity contribution in [3.8, 4) is 17.2 Å². The van der Waals surface area contributed by atoms with Gasteiger partial charge >= 0.3 is 11.9 Å². The molecule has 476 valence electrons. The molecule has 0 radical (unpaired) electrons. The number of Topliss-reactive ketones (excluding diaryl/α,β-unsaturated/α-hetero) is 1. The number of aromatic hydroxyl groups is 3. The Morgan fingerprint density at radius 2 is 1.28 bits per heavy atom. The van der Waals surface area contributed by atoms with E-state index in [9.17, 15) is 39.3 Å². The molecule has 0 bridgehead atoms. The van der Waals surface area contributed by atoms with Crippen LogP contribution in [0.3, 0.4) is 0 Å². The lowest BCUT2D eigenvalue weighted by Gasteiger charge is -2.48. The second kappa shape index (κ2) is 29.7. The molecule has 6 aromatic carbocycles. The number of nitrogens with one attached hydrogen (secondary N) is 2. The summed E-state index contributed by atoms with van der Waals surface area (Å²) >= 11 is 0. The van der Waals surface area contributed by atoms with Crippen LogP contribution in [-0.4, -0.2) is 105 Å². The molecule has 2 saturated carbocycles. The molecule has 14 heteroatoms. The zero-order chi connectivity index (χ0) is 64.2. The number of phenolic OH excluding ortho intramolecular Hbond substituents is 3. The molecule has 9 rings (SSSR count). The molecular formula is C76H92N4O10. The molecule has 14 nitrogen and oxygen atoms in total. The molecule has 0 spiro atoms. The summed E-state index contributed by atoms with van der Waals surface area (Å²) < 4.78 is 11.2. The van der Waals surface area contributed by atoms with E-state index >= 15 is 0 Å². The highest BCUT2D eigenvalue weighted by Gasteiger charge is 2.58. The van der Waals surface area contributed by atoms with Crippen molar-refractivity contribution in [3.63, 3.8) is 0 Å². The number of carbonyl (C=O) groups is 5. The van der Waals surface area contributed by atoms with Crippen LogP contribution in [0, 0.1) is 23.2 Å². The molecule has 5 atom stereocenters. The molecule has 3 aliphatic carbocycles. The molecule has 5 N–H and O–H groups in total. The number of ketones is 1. The van der Waals surface area contributed by atoms with Gasteiger partial charge in [-0.15, -0.1) is 0 Å². The number of aryl methyl sites for hydroxylation is 2. The standard InChI is InChI=1S/C76H92N4O10/c1-8-89-70(87)50-79(48-58-43-51(25-32-65(58)82)26-34-67(84)77-39-18-40-78-68(85)47-57-46-64-63-30-27-55-45-60(81)29-31-61(55)62(63)35-38-76(64,7)73(57)88)41-42-80(75(5,6)37-36-69(86)90-74(2,3)4)49-59-44-56(28-33-66(59)83)72(54-23-16-11-17-24-54)71(52-19-12-9-13-20-52)53-21-14-10-15-22-53/h9-17,19-25,28-29,31-33,43-45,57,62-64,81-83H,8,18,26-27,30,34-42,46-50H2,1-7H3,(H,77,84)(H,78,85)/t57?,62-,63-,64+,76+/m1/s1. The smallest absolute Gasteiger partial charge is 0.320 e. The van der Waals surface area contributed by atoms with Crippen molar-refractivity contribution in [2.75, 3.05) is 39.3 Å². The van der Waals surface area contributed by atoms with E-state index in [1.807, 2.05) is 105 Å². The minimum Gasteiger partial charge on any atom is -0.508 e. The lowest BCUT2D eigenvalue weighted by atomic mass is 9.55. The van der Waals surface area contributed by atoms with E-state index < -0.39 is 22.5 Å². The Hall–Kier alpha value is -8.07. The van der Waals surface area contributed by atoms with E-state index in [1.165, 1.54) is 11.1 Å². The molecule has 0 heterocycles. The zero-order valence-electron chi connectivity index (χ0n) is 53.7. The van der Waals surface area contributed by atoms with Gasteiger partial charge in [0.05, 0.1) is 13.2 Å². The van der Waals surface area contributed by atoms with E-state index in [4.69, 9.17) is 9.47 Å². The van der Waals surface area contributed by atoms with Crippen LogP contribution in [0.2, 0.25) is 0 Å². The third-order valence-corrected chi connectivity index (χ3v) is 18.9. The highest BCUT2D eigenvalue weighted by Crippen LogP contribution is 2.61. The van der Waals surface area contributed by atoms with Gasteiger partial charge in [0.25, 0.3) is 0 Å². The topological polar surface area (TPSA) is 195 Å². The molecule has 2 amide bonds. The summed E-state index contributed by atoms with van der Waals surface area (Å²) in [6.45, 7) is 15.5. The van der Waals surface area contributed by atoms with Gasteiger partial charge in [0.15, 0.2) is 0 Å². The van der Waals surface area contributed by atoms with Crippen molar-refractivity contribution in [3.05, 3.63) is 196 Å². The summed E-state index contributed by atoms with van der Waals surface area (Å²) in [5.41, 5.74) is 8.85. The van der Waals surface area contributed by atoms with Crippen LogP contribution < -0.4 is 10.6 Å². The number of hydrogen-bond donors (Lipinski definition) is 5. The maximum absolute atomic E-state index is 13.9. The van der Waals surface area contributed by atoms with Gasteiger partial charge in [0, 0.05) is 86.5 Å². The summed E-state index contributed by atoms with van der Waals surface area (Å²) in [7, 11) is 0. The van der Waals surface area contributed by atoms with Gasteiger partial charge in [-0.1, -0.05) is 122 Å². The molecule has 3 aliphatic rings. The van der Waals surface area contributed by atoms with Gasteiger partial charge in [-0.25, -0.2) is 0 Å². The summed E-state index contributed by atoms with van der Waals surface area (Å²) in [4.78, 5) is 71.2. The first-order chi connectivity index (χ1) is 43.1. The molecule has 0 aromatic heterocycles. The predicted octanol–water partition coefficient (Wildman–Crippen LogP) is 12.9. The monoisotopic (exact) mass is 1220 g/mol. The highest BCUT2D eigenvalue weighted by atomic mass is 16.6. The average Bonchev–Trinajstić information content (AvgIpc) is 1.53. The van der Waals surface area contributed by atoms with Gasteiger partial charge < -0.3 is 35.4 Å². The molecule has 90 heavy (non-hydrogen) atoms. The molecule has 0 aliphatic heterocycles. The van der Waals surface area contributed by atoms with Gasteiger partial charge in [-0.2, -0.15) is 0 Å². The number of hydrogen-bond acceptors (Lipinski definition) is 12. The number of nitrogens with zero attached hydrogens (tertiary/aromatic N) is 2. The number of ether oxygens (including phenoxy) is 2. The quantitative estimate of drug-likeness (QED) is 0.0186. The van der Waals surface area contributed by atoms with Crippen molar-refractivity contribution in [2.24, 2.45) is 23.2 Å². The van der Waals surface area contributed by atoms with Crippen molar-refractivity contribution < 1.29 is 48.8 Å². The van der Waals surface area contributed by atoms with Crippen molar-refractivity contribution in [1.29, 1.82) is 0 Å². The predicted molar refractivity (Wildman–Crippen MR) is 352 cm³/mol. The van der Waals surface area contributed by atoms with E-state index in [-0.39, 0.29) is 92.4 Å². The first-order valence-corrected chi connectivity index (χ1v) is 32.4. The number of amides is 2. The fourth-order valence-corrected chi connectivity index (χ4v) is 14.3. The Morgan fingerprint density at radius 3 is 1.91 bits per heavy atom. The van der Waals surface area contributed by atoms with Crippen LogP contribution in [-0.2, 0) is 59.4 Å². The Bertz CT molecular complexity index is 3460. The van der Waals surface area contributed by atoms with Crippen molar-refractivity contribution in [2.45, 2.75) is 149 Å². The van der Waals surface area contributed by atoms with Gasteiger partial charge in [-0.05, 0) is 191 Å². The van der Waals surface area contributed by atoms with Crippen LogP contribution in [0.5, 0.6) is 17.2 Å². The normalized spacial score (nSPS) is 18.7. The zero-order valence-corrected chi connectivity index (χ0v) is 53.7. The Kier molecular flexibility index (Phi) is 21.9. The summed E-state index contributed by atoms with van der Waals surface area (Å²) in [5, 5.41) is 39.3. The lowest BCUT2D eigenvalue weighted by molar-refractivity contribution is -0.155. The number of carbonyl (C=O) groups excluding carboxylic acids is 5. The number of fused-ring (bicyclic) bond motifs is 5. The largest absolute Gasteiger partial charge is 0.508 e. The summed E-state index contributed by atoms with van der Waals surface area (Å²) in [5.74, 6) is 0.320. The third kappa shape index (κ3) is 16.8. The van der Waals surface area contributed by atoms with Gasteiger partial charge in [0.1, 0.15) is 28.6 Å². The number of rotatable bonds is 27. The summed E-state index contributed by atoms with van der Waals surface area (Å²) in [6.07, 6.45) is 6.20. The maximum Gasteiger partial charge on any atom is 0.320 e. The maximum atomic E-state index is 13.9. The minimum atomic E-state index is -0.663. The van der Waals surface area contributed by atoms with Gasteiger partial charge in [0.2, 0.25) is 11.8 Å². The van der Waals surface area contributed by atoms with Gasteiger partial charge in [-0.3, -0.25) is 33.8 Å². The number of phenols is 3. The first kappa shape index (κ1) is 66.4. The minimum absolute atomic E-state index is 0.0412. The van der Waals surface area contributed by atoms with Crippen LogP contribution in [0.4, 0.5) is 0 Å². The second-order valence-electron chi connectivity index (χ2n) is 26.8. The fraction of sp³-hybridized carbons (Fsp3) is 0.434. The molecule has 1 unspecified atom stereocenters. The molecule has 0 saturated heterocycles. The molecular weight excluding hydrogens is 1130 g/mol. The van der Waals surface area contributed by atoms with Crippen LogP contribution >= 0.6 is 0 Å². The highest BCUT2D eigenvalue weighted by molar-refractivity contribution is 6.04. The van der Waals surface area contributed by atoms with E-state index in [1.54, 1.807) is 31.2 Å². The van der Waals surface area contributed by atoms with E-state index in [2.05, 4.69) is 78.8 Å². The number of benzene rings is 6. The average molecular weight is 1220 g/mol. The second-order valence-corrected chi connectivity index (χ2v) is 26.8. The Balaban J connectivity index is 0.844. The van der Waals surface area contributed by atoms with E-state index in [0.717, 1.165) is 71.1 Å². The van der Waals surface area contributed by atoms with E-state index in [0.29, 0.717) is 74.2 Å². The molecule has 2 fully saturated rings. The van der Waals surface area contributed by atoms with Crippen LogP contribution in [0.15, 0.2) is 146 Å². The van der Waals surface area contributed by atoms with Crippen LogP contribution in [0.1, 0.15) is 162 Å². The first-order valence-electron chi connectivity index (χ1n) is 32.4. The SMILES string of the molecule is CCOC(=O)CN(CCN(Cc1cc(C(=C(c2ccccc2)c2ccccc2)c2ccccc2)ccc1O)C(C)(C)CCC(=O)OC(C)(C)C)Cc1cc(CCC(=O)NCCCNC(=O)CC2C[C@H]3[C@@H]4CCc5cc(O)ccc5[C@H]4CC[C@]3(C)C2=O)ccc1O. The summed E-state index contributed by atoms with van der Waals surface area (Å²) in [6, 6.07) is 47.6. The number of esters is 2. The Morgan fingerprint density at radius 1 is 0.667 bits per heavy atom.